The average molecular weight is 468 g/mol. The van der Waals surface area contributed by atoms with Crippen LogP contribution in [0.3, 0.4) is 0 Å². The molecule has 0 atom stereocenters. The Morgan fingerprint density at radius 2 is 1.79 bits per heavy atom. The summed E-state index contributed by atoms with van der Waals surface area (Å²) in [5.41, 5.74) is 2.04. The van der Waals surface area contributed by atoms with Crippen LogP contribution in [0.4, 0.5) is 5.69 Å². The van der Waals surface area contributed by atoms with Crippen molar-refractivity contribution in [3.05, 3.63) is 54.4 Å². The van der Waals surface area contributed by atoms with Crippen molar-refractivity contribution >= 4 is 43.6 Å². The quantitative estimate of drug-likeness (QED) is 0.471. The maximum atomic E-state index is 13.1. The third-order valence-electron chi connectivity index (χ3n) is 6.11. The molecule has 0 aliphatic carbocycles. The number of amides is 1. The number of carbonyl (C=O) groups excluding carboxylic acids is 1. The third kappa shape index (κ3) is 3.77. The number of sulfonamides is 1. The molecule has 2 aromatic carbocycles. The first-order valence-corrected chi connectivity index (χ1v) is 12.3. The number of furan rings is 1. The van der Waals surface area contributed by atoms with Crippen LogP contribution in [0, 0.1) is 0 Å². The summed E-state index contributed by atoms with van der Waals surface area (Å²) in [5, 5.41) is 4.69. The summed E-state index contributed by atoms with van der Waals surface area (Å²) in [5.74, 6) is 0.0455. The number of aromatic nitrogens is 1. The second kappa shape index (κ2) is 8.24. The summed E-state index contributed by atoms with van der Waals surface area (Å²) >= 11 is 0. The van der Waals surface area contributed by atoms with E-state index in [2.05, 4.69) is 5.32 Å². The number of carbonyl (C=O) groups is 1. The molecule has 172 valence electrons. The van der Waals surface area contributed by atoms with Crippen LogP contribution in [0.5, 0.6) is 5.75 Å². The smallest absolute Gasteiger partial charge is 0.272 e. The summed E-state index contributed by atoms with van der Waals surface area (Å²) in [6.07, 6.45) is 4.22. The zero-order chi connectivity index (χ0) is 23.2. The van der Waals surface area contributed by atoms with E-state index >= 15 is 0 Å². The average Bonchev–Trinajstić information content (AvgIpc) is 3.39. The Labute approximate surface area is 191 Å². The molecule has 1 saturated heterocycles. The lowest BCUT2D eigenvalue weighted by Crippen LogP contribution is -2.35. The first kappa shape index (κ1) is 21.5. The summed E-state index contributed by atoms with van der Waals surface area (Å²) < 4.78 is 40.5. The standard InChI is InChI=1S/C24H25N3O5S/c1-26-15-16(33(29,30)27-10-6-3-7-11-27)12-20(26)24(28)25-19-14-22-18(13-23(19)31-2)17-8-4-5-9-21(17)32-22/h4-5,8-9,12-15H,3,6-7,10-11H2,1-2H3,(H,25,28). The molecular weight excluding hydrogens is 442 g/mol. The molecule has 3 heterocycles. The zero-order valence-corrected chi connectivity index (χ0v) is 19.3. The Balaban J connectivity index is 1.47. The third-order valence-corrected chi connectivity index (χ3v) is 7.98. The molecule has 0 unspecified atom stereocenters. The monoisotopic (exact) mass is 467 g/mol. The molecular formula is C24H25N3O5S. The number of hydrogen-bond donors (Lipinski definition) is 1. The SMILES string of the molecule is COc1cc2c(cc1NC(=O)c1cc(S(=O)(=O)N3CCCCC3)cn1C)oc1ccccc12. The van der Waals surface area contributed by atoms with Gasteiger partial charge in [0.15, 0.2) is 0 Å². The van der Waals surface area contributed by atoms with E-state index in [1.54, 1.807) is 13.1 Å². The molecule has 4 aromatic rings. The largest absolute Gasteiger partial charge is 0.495 e. The van der Waals surface area contributed by atoms with Crippen molar-refractivity contribution < 1.29 is 22.4 Å². The molecule has 9 heteroatoms. The molecule has 0 radical (unpaired) electrons. The van der Waals surface area contributed by atoms with Crippen molar-refractivity contribution in [3.8, 4) is 5.75 Å². The number of benzene rings is 2. The van der Waals surface area contributed by atoms with Gasteiger partial charge < -0.3 is 19.0 Å². The molecule has 0 saturated carbocycles. The Morgan fingerprint density at radius 3 is 2.55 bits per heavy atom. The van der Waals surface area contributed by atoms with Gasteiger partial charge in [-0.2, -0.15) is 4.31 Å². The van der Waals surface area contributed by atoms with Gasteiger partial charge in [0.05, 0.1) is 12.8 Å². The maximum absolute atomic E-state index is 13.1. The van der Waals surface area contributed by atoms with Gasteiger partial charge in [0.1, 0.15) is 27.5 Å². The minimum Gasteiger partial charge on any atom is -0.495 e. The molecule has 8 nitrogen and oxygen atoms in total. The van der Waals surface area contributed by atoms with Gasteiger partial charge in [0, 0.05) is 43.2 Å². The highest BCUT2D eigenvalue weighted by molar-refractivity contribution is 7.89. The van der Waals surface area contributed by atoms with Crippen LogP contribution in [0.2, 0.25) is 0 Å². The molecule has 1 fully saturated rings. The Morgan fingerprint density at radius 1 is 1.03 bits per heavy atom. The van der Waals surface area contributed by atoms with Crippen LogP contribution in [0.1, 0.15) is 29.8 Å². The van der Waals surface area contributed by atoms with Gasteiger partial charge in [-0.25, -0.2) is 8.42 Å². The van der Waals surface area contributed by atoms with Crippen molar-refractivity contribution in [1.29, 1.82) is 0 Å². The first-order chi connectivity index (χ1) is 15.9. The number of aryl methyl sites for hydroxylation is 1. The molecule has 0 bridgehead atoms. The Kier molecular flexibility index (Phi) is 5.38. The lowest BCUT2D eigenvalue weighted by Gasteiger charge is -2.25. The van der Waals surface area contributed by atoms with Gasteiger partial charge >= 0.3 is 0 Å². The highest BCUT2D eigenvalue weighted by atomic mass is 32.2. The van der Waals surface area contributed by atoms with Crippen LogP contribution in [-0.4, -0.2) is 43.4 Å². The van der Waals surface area contributed by atoms with Gasteiger partial charge in [-0.3, -0.25) is 4.79 Å². The van der Waals surface area contributed by atoms with Gasteiger partial charge in [-0.15, -0.1) is 0 Å². The number of para-hydroxylation sites is 1. The van der Waals surface area contributed by atoms with E-state index in [9.17, 15) is 13.2 Å². The number of nitrogens with zero attached hydrogens (tertiary/aromatic N) is 2. The van der Waals surface area contributed by atoms with E-state index < -0.39 is 15.9 Å². The summed E-state index contributed by atoms with van der Waals surface area (Å²) in [6, 6.07) is 12.7. The van der Waals surface area contributed by atoms with Gasteiger partial charge in [-0.1, -0.05) is 24.6 Å². The van der Waals surface area contributed by atoms with E-state index in [1.165, 1.54) is 28.2 Å². The molecule has 33 heavy (non-hydrogen) atoms. The Hall–Kier alpha value is -3.30. The number of methoxy groups -OCH3 is 1. The van der Waals surface area contributed by atoms with Crippen LogP contribution in [-0.2, 0) is 17.1 Å². The number of nitrogens with one attached hydrogen (secondary N) is 1. The van der Waals surface area contributed by atoms with Crippen LogP contribution >= 0.6 is 0 Å². The van der Waals surface area contributed by atoms with Crippen molar-refractivity contribution in [3.63, 3.8) is 0 Å². The van der Waals surface area contributed by atoms with Crippen molar-refractivity contribution in [2.45, 2.75) is 24.2 Å². The van der Waals surface area contributed by atoms with E-state index in [1.807, 2.05) is 30.3 Å². The zero-order valence-electron chi connectivity index (χ0n) is 18.5. The van der Waals surface area contributed by atoms with Crippen LogP contribution < -0.4 is 10.1 Å². The summed E-state index contributed by atoms with van der Waals surface area (Å²) in [7, 11) is -0.445. The van der Waals surface area contributed by atoms with Gasteiger partial charge in [0.2, 0.25) is 10.0 Å². The molecule has 1 N–H and O–H groups in total. The van der Waals surface area contributed by atoms with Crippen LogP contribution in [0.25, 0.3) is 21.9 Å². The van der Waals surface area contributed by atoms with Crippen LogP contribution in [0.15, 0.2) is 58.0 Å². The summed E-state index contributed by atoms with van der Waals surface area (Å²) in [4.78, 5) is 13.2. The van der Waals surface area contributed by atoms with Crippen molar-refractivity contribution in [1.82, 2.24) is 8.87 Å². The molecule has 5 rings (SSSR count). The minimum absolute atomic E-state index is 0.122. The maximum Gasteiger partial charge on any atom is 0.272 e. The predicted molar refractivity (Wildman–Crippen MR) is 126 cm³/mol. The fourth-order valence-electron chi connectivity index (χ4n) is 4.36. The molecule has 0 spiro atoms. The van der Waals surface area contributed by atoms with E-state index in [0.29, 0.717) is 30.1 Å². The molecule has 1 aliphatic heterocycles. The van der Waals surface area contributed by atoms with Crippen molar-refractivity contribution in [2.75, 3.05) is 25.5 Å². The minimum atomic E-state index is -3.63. The Bertz CT molecular complexity index is 1460. The summed E-state index contributed by atoms with van der Waals surface area (Å²) in [6.45, 7) is 1.01. The lowest BCUT2D eigenvalue weighted by atomic mass is 10.1. The van der Waals surface area contributed by atoms with E-state index in [-0.39, 0.29) is 10.6 Å². The highest BCUT2D eigenvalue weighted by Crippen LogP contribution is 2.36. The molecule has 1 aliphatic rings. The lowest BCUT2D eigenvalue weighted by molar-refractivity contribution is 0.101. The fraction of sp³-hybridized carbons (Fsp3) is 0.292. The van der Waals surface area contributed by atoms with E-state index in [4.69, 9.17) is 9.15 Å². The number of hydrogen-bond acceptors (Lipinski definition) is 5. The molecule has 1 amide bonds. The number of rotatable bonds is 5. The molecule has 2 aromatic heterocycles. The topological polar surface area (TPSA) is 93.8 Å². The predicted octanol–water partition coefficient (Wildman–Crippen LogP) is 4.36. The highest BCUT2D eigenvalue weighted by Gasteiger charge is 2.28. The fourth-order valence-corrected chi connectivity index (χ4v) is 5.95. The van der Waals surface area contributed by atoms with Gasteiger partial charge in [-0.05, 0) is 31.0 Å². The van der Waals surface area contributed by atoms with E-state index in [0.717, 1.165) is 35.6 Å². The van der Waals surface area contributed by atoms with Gasteiger partial charge in [0.25, 0.3) is 5.91 Å². The number of anilines is 1. The number of fused-ring (bicyclic) bond motifs is 3. The second-order valence-corrected chi connectivity index (χ2v) is 10.2. The number of ether oxygens (including phenoxy) is 1. The number of piperidine rings is 1. The van der Waals surface area contributed by atoms with Crippen molar-refractivity contribution in [2.24, 2.45) is 7.05 Å². The second-order valence-electron chi connectivity index (χ2n) is 8.24. The normalized spacial score (nSPS) is 15.2. The first-order valence-electron chi connectivity index (χ1n) is 10.9.